The highest BCUT2D eigenvalue weighted by atomic mass is 32.2. The zero-order chi connectivity index (χ0) is 11.5. The quantitative estimate of drug-likeness (QED) is 0.918. The van der Waals surface area contributed by atoms with Gasteiger partial charge in [0.1, 0.15) is 6.33 Å². The summed E-state index contributed by atoms with van der Waals surface area (Å²) >= 11 is 1.02. The summed E-state index contributed by atoms with van der Waals surface area (Å²) in [5.74, 6) is -2.01. The van der Waals surface area contributed by atoms with E-state index in [2.05, 4.69) is 14.1 Å². The van der Waals surface area contributed by atoms with E-state index in [9.17, 15) is 13.0 Å². The lowest BCUT2D eigenvalue weighted by Gasteiger charge is -2.02. The van der Waals surface area contributed by atoms with Crippen LogP contribution in [0.15, 0.2) is 29.4 Å². The maximum Gasteiger partial charge on any atom is 0.214 e. The Morgan fingerprint density at radius 1 is 1.31 bits per heavy atom. The van der Waals surface area contributed by atoms with Gasteiger partial charge in [0.15, 0.2) is 22.6 Å². The Morgan fingerprint density at radius 3 is 2.75 bits per heavy atom. The monoisotopic (exact) mass is 261 g/mol. The molecule has 16 heavy (non-hydrogen) atoms. The number of anilines is 1. The van der Waals surface area contributed by atoms with Crippen LogP contribution in [0, 0.1) is 11.6 Å². The van der Waals surface area contributed by atoms with Gasteiger partial charge in [-0.05, 0) is 18.2 Å². The van der Waals surface area contributed by atoms with Gasteiger partial charge in [-0.15, -0.1) is 0 Å². The molecule has 1 aromatic carbocycles. The van der Waals surface area contributed by atoms with Crippen molar-refractivity contribution in [3.05, 3.63) is 36.2 Å². The van der Waals surface area contributed by atoms with Crippen LogP contribution >= 0.6 is 11.5 Å². The zero-order valence-corrected chi connectivity index (χ0v) is 9.32. The number of hydrogen-bond donors (Lipinski definition) is 1. The Morgan fingerprint density at radius 2 is 2.12 bits per heavy atom. The number of hydrogen-bond acceptors (Lipinski definition) is 4. The van der Waals surface area contributed by atoms with Crippen molar-refractivity contribution >= 4 is 27.6 Å². The van der Waals surface area contributed by atoms with Crippen molar-refractivity contribution in [1.29, 1.82) is 0 Å². The van der Waals surface area contributed by atoms with E-state index >= 15 is 0 Å². The Kier molecular flexibility index (Phi) is 3.20. The molecule has 0 bridgehead atoms. The summed E-state index contributed by atoms with van der Waals surface area (Å²) in [7, 11) is -1.68. The van der Waals surface area contributed by atoms with Gasteiger partial charge >= 0.3 is 0 Å². The molecule has 84 valence electrons. The van der Waals surface area contributed by atoms with Gasteiger partial charge in [-0.25, -0.2) is 18.0 Å². The van der Waals surface area contributed by atoms with Gasteiger partial charge in [-0.1, -0.05) is 0 Å². The Hall–Kier alpha value is -1.41. The second-order valence-electron chi connectivity index (χ2n) is 2.69. The van der Waals surface area contributed by atoms with Crippen molar-refractivity contribution in [2.45, 2.75) is 4.90 Å². The van der Waals surface area contributed by atoms with Gasteiger partial charge in [-0.2, -0.15) is 4.37 Å². The van der Waals surface area contributed by atoms with Crippen LogP contribution in [0.4, 0.5) is 13.9 Å². The Labute approximate surface area is 96.1 Å². The third kappa shape index (κ3) is 2.39. The molecule has 2 rings (SSSR count). The van der Waals surface area contributed by atoms with Crippen molar-refractivity contribution in [1.82, 2.24) is 9.36 Å². The smallest absolute Gasteiger partial charge is 0.214 e. The molecule has 1 atom stereocenters. The van der Waals surface area contributed by atoms with Crippen molar-refractivity contribution in [3.8, 4) is 0 Å². The van der Waals surface area contributed by atoms with E-state index in [1.165, 1.54) is 12.4 Å². The molecule has 0 aliphatic carbocycles. The molecule has 0 radical (unpaired) electrons. The third-order valence-corrected chi connectivity index (χ3v) is 3.42. The standard InChI is InChI=1S/C8H5F2N3OS2/c9-6-2-1-5(3-7(6)10)16(14)13-8-11-4-12-15-8/h1-4H,(H,11,12,13). The van der Waals surface area contributed by atoms with Gasteiger partial charge in [0.05, 0.1) is 4.90 Å². The number of halogens is 2. The van der Waals surface area contributed by atoms with Gasteiger partial charge < -0.3 is 0 Å². The highest BCUT2D eigenvalue weighted by Crippen LogP contribution is 2.15. The van der Waals surface area contributed by atoms with E-state index < -0.39 is 22.6 Å². The fourth-order valence-electron chi connectivity index (χ4n) is 0.948. The van der Waals surface area contributed by atoms with Crippen LogP contribution in [-0.2, 0) is 11.0 Å². The van der Waals surface area contributed by atoms with E-state index in [-0.39, 0.29) is 4.90 Å². The molecule has 1 unspecified atom stereocenters. The third-order valence-electron chi connectivity index (χ3n) is 1.65. The van der Waals surface area contributed by atoms with Crippen LogP contribution in [0.3, 0.4) is 0 Å². The van der Waals surface area contributed by atoms with Crippen LogP contribution in [0.1, 0.15) is 0 Å². The first kappa shape index (κ1) is 11.1. The first-order chi connectivity index (χ1) is 7.66. The van der Waals surface area contributed by atoms with Gasteiger partial charge in [0, 0.05) is 11.5 Å². The fourth-order valence-corrected chi connectivity index (χ4v) is 2.34. The van der Waals surface area contributed by atoms with Crippen molar-refractivity contribution in [2.24, 2.45) is 0 Å². The maximum absolute atomic E-state index is 12.9. The van der Waals surface area contributed by atoms with Gasteiger partial charge in [0.2, 0.25) is 5.13 Å². The van der Waals surface area contributed by atoms with Crippen LogP contribution in [0.5, 0.6) is 0 Å². The fraction of sp³-hybridized carbons (Fsp3) is 0. The average Bonchev–Trinajstić information content (AvgIpc) is 2.74. The van der Waals surface area contributed by atoms with Crippen LogP contribution in [0.2, 0.25) is 0 Å². The molecule has 0 saturated heterocycles. The molecule has 0 aliphatic rings. The molecule has 8 heteroatoms. The molecule has 0 spiro atoms. The first-order valence-electron chi connectivity index (χ1n) is 4.07. The van der Waals surface area contributed by atoms with E-state index in [1.807, 2.05) is 0 Å². The number of aromatic nitrogens is 2. The Balaban J connectivity index is 2.18. The van der Waals surface area contributed by atoms with Crippen LogP contribution < -0.4 is 4.72 Å². The van der Waals surface area contributed by atoms with E-state index in [0.29, 0.717) is 5.13 Å². The summed E-state index contributed by atoms with van der Waals surface area (Å²) < 4.78 is 43.3. The summed E-state index contributed by atoms with van der Waals surface area (Å²) in [6, 6.07) is 3.03. The molecule has 0 fully saturated rings. The normalized spacial score (nSPS) is 12.4. The minimum Gasteiger partial charge on any atom is -0.275 e. The number of benzene rings is 1. The number of nitrogens with zero attached hydrogens (tertiary/aromatic N) is 2. The van der Waals surface area contributed by atoms with Crippen LogP contribution in [-0.4, -0.2) is 13.6 Å². The highest BCUT2D eigenvalue weighted by Gasteiger charge is 2.09. The Bertz CT molecular complexity index is 518. The predicted octanol–water partition coefficient (Wildman–Crippen LogP) is 1.95. The summed E-state index contributed by atoms with van der Waals surface area (Å²) in [6.07, 6.45) is 1.30. The molecule has 1 heterocycles. The van der Waals surface area contributed by atoms with Gasteiger partial charge in [0.25, 0.3) is 0 Å². The highest BCUT2D eigenvalue weighted by molar-refractivity contribution is 7.86. The first-order valence-corrected chi connectivity index (χ1v) is 5.99. The summed E-state index contributed by atoms with van der Waals surface area (Å²) in [4.78, 5) is 3.89. The van der Waals surface area contributed by atoms with E-state index in [1.54, 1.807) is 0 Å². The molecule has 1 N–H and O–H groups in total. The molecule has 1 aromatic heterocycles. The zero-order valence-electron chi connectivity index (χ0n) is 7.68. The molecule has 4 nitrogen and oxygen atoms in total. The van der Waals surface area contributed by atoms with Crippen molar-refractivity contribution in [2.75, 3.05) is 4.72 Å². The second-order valence-corrected chi connectivity index (χ2v) is 4.69. The van der Waals surface area contributed by atoms with Gasteiger partial charge in [-0.3, -0.25) is 4.72 Å². The second kappa shape index (κ2) is 4.62. The summed E-state index contributed by atoms with van der Waals surface area (Å²) in [6.45, 7) is 0. The minimum absolute atomic E-state index is 0.133. The predicted molar refractivity (Wildman–Crippen MR) is 56.3 cm³/mol. The molecule has 0 aliphatic heterocycles. The topological polar surface area (TPSA) is 54.9 Å². The van der Waals surface area contributed by atoms with Crippen molar-refractivity contribution < 1.29 is 13.0 Å². The lowest BCUT2D eigenvalue weighted by Crippen LogP contribution is -2.05. The number of nitrogens with one attached hydrogen (secondary N) is 1. The summed E-state index contributed by atoms with van der Waals surface area (Å²) in [5.41, 5.74) is 0. The SMILES string of the molecule is O=S(Nc1ncns1)c1ccc(F)c(F)c1. The maximum atomic E-state index is 12.9. The van der Waals surface area contributed by atoms with E-state index in [4.69, 9.17) is 0 Å². The van der Waals surface area contributed by atoms with Crippen LogP contribution in [0.25, 0.3) is 0 Å². The lowest BCUT2D eigenvalue weighted by molar-refractivity contribution is 0.505. The lowest BCUT2D eigenvalue weighted by atomic mass is 10.3. The van der Waals surface area contributed by atoms with Crippen molar-refractivity contribution in [3.63, 3.8) is 0 Å². The largest absolute Gasteiger partial charge is 0.275 e. The molecule has 0 amide bonds. The molecule has 2 aromatic rings. The summed E-state index contributed by atoms with van der Waals surface area (Å²) in [5, 5.41) is 0.350. The average molecular weight is 261 g/mol. The molecular weight excluding hydrogens is 256 g/mol. The van der Waals surface area contributed by atoms with E-state index in [0.717, 1.165) is 23.7 Å². The number of rotatable bonds is 3. The minimum atomic E-state index is -1.68. The molecule has 0 saturated carbocycles. The molecular formula is C8H5F2N3OS2.